The zero-order valence-electron chi connectivity index (χ0n) is 18.3. The third-order valence-electron chi connectivity index (χ3n) is 5.77. The summed E-state index contributed by atoms with van der Waals surface area (Å²) in [5.41, 5.74) is 0.140. The SMILES string of the molecule is CC(c1nnc(SCC(=O)NC2(C#N)CCCCCC2)n1-c1ccc(Cl)cc1)N(C)C. The van der Waals surface area contributed by atoms with Crippen LogP contribution >= 0.6 is 23.4 Å². The molecule has 2 aromatic rings. The van der Waals surface area contributed by atoms with Gasteiger partial charge in [0, 0.05) is 10.7 Å². The van der Waals surface area contributed by atoms with Crippen LogP contribution in [0.4, 0.5) is 0 Å². The zero-order chi connectivity index (χ0) is 22.4. The second-order valence-electron chi connectivity index (χ2n) is 8.24. The minimum absolute atomic E-state index is 0.0270. The van der Waals surface area contributed by atoms with Crippen molar-refractivity contribution in [1.82, 2.24) is 25.0 Å². The van der Waals surface area contributed by atoms with E-state index in [0.717, 1.165) is 37.2 Å². The number of amides is 1. The molecule has 1 fully saturated rings. The van der Waals surface area contributed by atoms with Gasteiger partial charge in [0.15, 0.2) is 11.0 Å². The van der Waals surface area contributed by atoms with Crippen LogP contribution in [0.5, 0.6) is 0 Å². The minimum atomic E-state index is -0.747. The molecule has 1 aromatic heterocycles. The van der Waals surface area contributed by atoms with Crippen LogP contribution in [0.25, 0.3) is 5.69 Å². The van der Waals surface area contributed by atoms with Crippen molar-refractivity contribution < 1.29 is 4.79 Å². The highest BCUT2D eigenvalue weighted by molar-refractivity contribution is 7.99. The number of rotatable bonds is 7. The van der Waals surface area contributed by atoms with Crippen LogP contribution in [0, 0.1) is 11.3 Å². The molecular weight excluding hydrogens is 432 g/mol. The van der Waals surface area contributed by atoms with E-state index in [9.17, 15) is 10.1 Å². The molecule has 0 radical (unpaired) electrons. The van der Waals surface area contributed by atoms with Crippen LogP contribution in [0.2, 0.25) is 5.02 Å². The van der Waals surface area contributed by atoms with Crippen molar-refractivity contribution in [3.8, 4) is 11.8 Å². The fraction of sp³-hybridized carbons (Fsp3) is 0.545. The number of carbonyl (C=O) groups is 1. The van der Waals surface area contributed by atoms with Crippen molar-refractivity contribution >= 4 is 29.3 Å². The van der Waals surface area contributed by atoms with Crippen LogP contribution in [-0.2, 0) is 4.79 Å². The fourth-order valence-electron chi connectivity index (χ4n) is 3.74. The molecule has 7 nitrogen and oxygen atoms in total. The largest absolute Gasteiger partial charge is 0.337 e. The van der Waals surface area contributed by atoms with Gasteiger partial charge in [0.2, 0.25) is 5.91 Å². The lowest BCUT2D eigenvalue weighted by Gasteiger charge is -2.26. The summed E-state index contributed by atoms with van der Waals surface area (Å²) in [5.74, 6) is 0.805. The van der Waals surface area contributed by atoms with E-state index >= 15 is 0 Å². The molecule has 1 amide bonds. The van der Waals surface area contributed by atoms with Crippen LogP contribution in [0.15, 0.2) is 29.4 Å². The first-order valence-corrected chi connectivity index (χ1v) is 11.9. The van der Waals surface area contributed by atoms with Gasteiger partial charge in [-0.1, -0.05) is 49.0 Å². The molecule has 3 rings (SSSR count). The molecule has 1 aliphatic carbocycles. The maximum atomic E-state index is 12.7. The Hall–Kier alpha value is -2.08. The number of nitriles is 1. The smallest absolute Gasteiger partial charge is 0.231 e. The molecule has 1 aromatic carbocycles. The molecule has 0 aliphatic heterocycles. The van der Waals surface area contributed by atoms with Crippen LogP contribution in [0.3, 0.4) is 0 Å². The number of aromatic nitrogens is 3. The lowest BCUT2D eigenvalue weighted by atomic mass is 9.92. The summed E-state index contributed by atoms with van der Waals surface area (Å²) < 4.78 is 1.96. The van der Waals surface area contributed by atoms with Gasteiger partial charge in [-0.15, -0.1) is 10.2 Å². The molecule has 0 saturated heterocycles. The van der Waals surface area contributed by atoms with Crippen molar-refractivity contribution in [2.75, 3.05) is 19.8 Å². The lowest BCUT2D eigenvalue weighted by Crippen LogP contribution is -2.47. The van der Waals surface area contributed by atoms with E-state index in [4.69, 9.17) is 11.6 Å². The molecule has 1 unspecified atom stereocenters. The molecule has 1 aliphatic rings. The average molecular weight is 461 g/mol. The lowest BCUT2D eigenvalue weighted by molar-refractivity contribution is -0.120. The predicted octanol–water partition coefficient (Wildman–Crippen LogP) is 4.37. The number of nitrogens with one attached hydrogen (secondary N) is 1. The van der Waals surface area contributed by atoms with Crippen LogP contribution in [-0.4, -0.2) is 51.0 Å². The average Bonchev–Trinajstić information content (AvgIpc) is 3.03. The third kappa shape index (κ3) is 5.79. The molecule has 1 saturated carbocycles. The Morgan fingerprint density at radius 2 is 1.90 bits per heavy atom. The van der Waals surface area contributed by atoms with Crippen molar-refractivity contribution in [1.29, 1.82) is 5.26 Å². The number of carbonyl (C=O) groups excluding carboxylic acids is 1. The molecule has 166 valence electrons. The van der Waals surface area contributed by atoms with Crippen LogP contribution in [0.1, 0.15) is 57.3 Å². The fourth-order valence-corrected chi connectivity index (χ4v) is 4.62. The first kappa shape index (κ1) is 23.6. The molecule has 9 heteroatoms. The Balaban J connectivity index is 1.79. The summed E-state index contributed by atoms with van der Waals surface area (Å²) in [5, 5.41) is 22.8. The molecule has 1 N–H and O–H groups in total. The van der Waals surface area contributed by atoms with E-state index in [1.807, 2.05) is 42.9 Å². The quantitative estimate of drug-likeness (QED) is 0.487. The number of thioether (sulfide) groups is 1. The summed E-state index contributed by atoms with van der Waals surface area (Å²) in [6, 6.07) is 9.87. The Morgan fingerprint density at radius 3 is 2.48 bits per heavy atom. The Morgan fingerprint density at radius 1 is 1.26 bits per heavy atom. The van der Waals surface area contributed by atoms with E-state index in [-0.39, 0.29) is 17.7 Å². The van der Waals surface area contributed by atoms with Crippen molar-refractivity contribution in [2.24, 2.45) is 0 Å². The normalized spacial score (nSPS) is 17.0. The third-order valence-corrected chi connectivity index (χ3v) is 6.95. The number of hydrogen-bond donors (Lipinski definition) is 1. The summed E-state index contributed by atoms with van der Waals surface area (Å²) in [6.45, 7) is 2.06. The number of benzene rings is 1. The maximum absolute atomic E-state index is 12.7. The Bertz CT molecular complexity index is 928. The highest BCUT2D eigenvalue weighted by Gasteiger charge is 2.32. The van der Waals surface area contributed by atoms with Gasteiger partial charge in [0.25, 0.3) is 0 Å². The van der Waals surface area contributed by atoms with Gasteiger partial charge < -0.3 is 5.32 Å². The van der Waals surface area contributed by atoms with Gasteiger partial charge in [0.05, 0.1) is 17.9 Å². The zero-order valence-corrected chi connectivity index (χ0v) is 19.8. The molecular formula is C22H29ClN6OS. The van der Waals surface area contributed by atoms with Gasteiger partial charge in [-0.2, -0.15) is 5.26 Å². The highest BCUT2D eigenvalue weighted by Crippen LogP contribution is 2.29. The standard InChI is InChI=1S/C22H29ClN6OS/c1-16(28(2)3)20-26-27-21(29(20)18-10-8-17(23)9-11-18)31-14-19(30)25-22(15-24)12-6-4-5-7-13-22/h8-11,16H,4-7,12-14H2,1-3H3,(H,25,30). The number of hydrogen-bond acceptors (Lipinski definition) is 6. The second kappa shape index (κ2) is 10.5. The van der Waals surface area contributed by atoms with Gasteiger partial charge in [-0.05, 0) is 58.1 Å². The summed E-state index contributed by atoms with van der Waals surface area (Å²) in [4.78, 5) is 14.8. The second-order valence-corrected chi connectivity index (χ2v) is 9.62. The molecule has 1 atom stereocenters. The summed E-state index contributed by atoms with van der Waals surface area (Å²) in [7, 11) is 3.97. The van der Waals surface area contributed by atoms with E-state index in [2.05, 4.69) is 33.4 Å². The van der Waals surface area contributed by atoms with E-state index in [0.29, 0.717) is 23.0 Å². The van der Waals surface area contributed by atoms with Crippen molar-refractivity contribution in [3.63, 3.8) is 0 Å². The van der Waals surface area contributed by atoms with Gasteiger partial charge in [-0.3, -0.25) is 14.3 Å². The van der Waals surface area contributed by atoms with Gasteiger partial charge in [0.1, 0.15) is 5.54 Å². The molecule has 1 heterocycles. The van der Waals surface area contributed by atoms with Crippen molar-refractivity contribution in [3.05, 3.63) is 35.1 Å². The summed E-state index contributed by atoms with van der Waals surface area (Å²) in [6.07, 6.45) is 5.60. The molecule has 31 heavy (non-hydrogen) atoms. The Kier molecular flexibility index (Phi) is 7.98. The Labute approximate surface area is 193 Å². The topological polar surface area (TPSA) is 86.8 Å². The van der Waals surface area contributed by atoms with Gasteiger partial charge >= 0.3 is 0 Å². The maximum Gasteiger partial charge on any atom is 0.231 e. The predicted molar refractivity (Wildman–Crippen MR) is 123 cm³/mol. The van der Waals surface area contributed by atoms with E-state index < -0.39 is 5.54 Å². The van der Waals surface area contributed by atoms with E-state index in [1.54, 1.807) is 0 Å². The number of halogens is 1. The minimum Gasteiger partial charge on any atom is -0.337 e. The van der Waals surface area contributed by atoms with Crippen LogP contribution < -0.4 is 5.32 Å². The molecule has 0 bridgehead atoms. The van der Waals surface area contributed by atoms with Crippen molar-refractivity contribution in [2.45, 2.75) is 62.2 Å². The first-order chi connectivity index (χ1) is 14.8. The number of nitrogens with zero attached hydrogens (tertiary/aromatic N) is 5. The molecule has 0 spiro atoms. The monoisotopic (exact) mass is 460 g/mol. The first-order valence-electron chi connectivity index (χ1n) is 10.6. The summed E-state index contributed by atoms with van der Waals surface area (Å²) >= 11 is 7.39. The highest BCUT2D eigenvalue weighted by atomic mass is 35.5. The van der Waals surface area contributed by atoms with E-state index in [1.165, 1.54) is 11.8 Å². The van der Waals surface area contributed by atoms with Gasteiger partial charge in [-0.25, -0.2) is 0 Å².